The van der Waals surface area contributed by atoms with Gasteiger partial charge in [-0.3, -0.25) is 0 Å². The molecule has 1 aliphatic rings. The zero-order valence-electron chi connectivity index (χ0n) is 11.4. The summed E-state index contributed by atoms with van der Waals surface area (Å²) in [5.41, 5.74) is 3.13. The third kappa shape index (κ3) is 1.35. The highest BCUT2D eigenvalue weighted by Crippen LogP contribution is 2.26. The van der Waals surface area contributed by atoms with Gasteiger partial charge >= 0.3 is 5.65 Å². The lowest BCUT2D eigenvalue weighted by atomic mass is 10.1. The Morgan fingerprint density at radius 1 is 1.28 bits per heavy atom. The monoisotopic (exact) mass is 246 g/mol. The van der Waals surface area contributed by atoms with Crippen molar-refractivity contribution < 1.29 is 9.26 Å². The molecule has 2 aromatic rings. The van der Waals surface area contributed by atoms with Crippen LogP contribution < -0.4 is 9.69 Å². The fraction of sp³-hybridized carbons (Fsp3) is 0.500. The standard InChI is InChI=1S/C12H18N6/c1-12(2,3)17-8-18-10-9(6-7-13-11(10)17)15(4)14-16(18)5/h6-8H,1-5H3/q+2. The summed E-state index contributed by atoms with van der Waals surface area (Å²) < 4.78 is 6.08. The number of hydrogen-bond acceptors (Lipinski definition) is 3. The van der Waals surface area contributed by atoms with Gasteiger partial charge in [-0.15, -0.1) is 9.68 Å². The molecule has 6 nitrogen and oxygen atoms in total. The van der Waals surface area contributed by atoms with Crippen molar-refractivity contribution in [2.45, 2.75) is 26.3 Å². The van der Waals surface area contributed by atoms with Crippen LogP contribution in [0.2, 0.25) is 0 Å². The van der Waals surface area contributed by atoms with E-state index < -0.39 is 0 Å². The van der Waals surface area contributed by atoms with E-state index in [-0.39, 0.29) is 5.54 Å². The van der Waals surface area contributed by atoms with Gasteiger partial charge in [0.05, 0.1) is 5.54 Å². The number of imidazole rings is 1. The van der Waals surface area contributed by atoms with Crippen LogP contribution in [0.1, 0.15) is 20.8 Å². The van der Waals surface area contributed by atoms with Gasteiger partial charge in [0, 0.05) is 6.07 Å². The Morgan fingerprint density at radius 3 is 2.67 bits per heavy atom. The molecule has 0 spiro atoms. The first-order valence-corrected chi connectivity index (χ1v) is 6.01. The average Bonchev–Trinajstić information content (AvgIpc) is 2.66. The van der Waals surface area contributed by atoms with Gasteiger partial charge in [-0.25, -0.2) is 4.57 Å². The van der Waals surface area contributed by atoms with Crippen molar-refractivity contribution in [1.29, 1.82) is 0 Å². The van der Waals surface area contributed by atoms with Crippen LogP contribution in [0.4, 0.5) is 5.69 Å². The van der Waals surface area contributed by atoms with Crippen LogP contribution in [-0.4, -0.2) is 28.5 Å². The minimum atomic E-state index is -0.0150. The van der Waals surface area contributed by atoms with E-state index in [0.29, 0.717) is 0 Å². The second-order valence-electron chi connectivity index (χ2n) is 5.61. The Labute approximate surface area is 106 Å². The van der Waals surface area contributed by atoms with Crippen LogP contribution >= 0.6 is 0 Å². The van der Waals surface area contributed by atoms with Gasteiger partial charge in [0.15, 0.2) is 0 Å². The Morgan fingerprint density at radius 2 is 2.00 bits per heavy atom. The van der Waals surface area contributed by atoms with Gasteiger partial charge in [-0.2, -0.15) is 0 Å². The molecule has 18 heavy (non-hydrogen) atoms. The van der Waals surface area contributed by atoms with Crippen molar-refractivity contribution in [2.75, 3.05) is 19.2 Å². The lowest BCUT2D eigenvalue weighted by Gasteiger charge is -2.14. The van der Waals surface area contributed by atoms with Gasteiger partial charge in [0.2, 0.25) is 12.0 Å². The van der Waals surface area contributed by atoms with Crippen LogP contribution in [0, 0.1) is 0 Å². The molecule has 3 rings (SSSR count). The highest BCUT2D eigenvalue weighted by atomic mass is 15.8. The smallest absolute Gasteiger partial charge is 0.225 e. The fourth-order valence-corrected chi connectivity index (χ4v) is 2.31. The van der Waals surface area contributed by atoms with Gasteiger partial charge < -0.3 is 0 Å². The predicted octanol–water partition coefficient (Wildman–Crippen LogP) is 1.30. The maximum atomic E-state index is 4.53. The first-order chi connectivity index (χ1) is 8.39. The molecule has 0 amide bonds. The molecule has 0 radical (unpaired) electrons. The quantitative estimate of drug-likeness (QED) is 0.657. The number of hydrogen-bond donors (Lipinski definition) is 0. The van der Waals surface area contributed by atoms with Crippen LogP contribution in [0.3, 0.4) is 0 Å². The van der Waals surface area contributed by atoms with Gasteiger partial charge in [-0.05, 0) is 25.9 Å². The predicted molar refractivity (Wildman–Crippen MR) is 67.3 cm³/mol. The van der Waals surface area contributed by atoms with E-state index in [0.717, 1.165) is 16.9 Å². The molecule has 6 heteroatoms. The van der Waals surface area contributed by atoms with E-state index in [4.69, 9.17) is 0 Å². The number of rotatable bonds is 0. The minimum absolute atomic E-state index is 0.0150. The molecule has 2 aromatic heterocycles. The minimum Gasteiger partial charge on any atom is -0.225 e. The molecule has 0 saturated carbocycles. The third-order valence-electron chi connectivity index (χ3n) is 3.21. The Kier molecular flexibility index (Phi) is 2.03. The summed E-state index contributed by atoms with van der Waals surface area (Å²) in [6.07, 6.45) is 3.89. The molecular formula is C12H18N6+2. The molecule has 0 fully saturated rings. The van der Waals surface area contributed by atoms with E-state index in [1.54, 1.807) is 0 Å². The van der Waals surface area contributed by atoms with Crippen LogP contribution in [0.15, 0.2) is 23.8 Å². The molecule has 0 bridgehead atoms. The first-order valence-electron chi connectivity index (χ1n) is 6.01. The molecule has 94 valence electrons. The van der Waals surface area contributed by atoms with Crippen molar-refractivity contribution in [2.24, 2.45) is 5.22 Å². The van der Waals surface area contributed by atoms with Gasteiger partial charge in [0.25, 0.3) is 5.52 Å². The van der Waals surface area contributed by atoms with Crippen molar-refractivity contribution in [3.63, 3.8) is 0 Å². The Bertz CT molecular complexity index is 661. The first kappa shape index (κ1) is 11.1. The van der Waals surface area contributed by atoms with Crippen molar-refractivity contribution in [3.8, 4) is 0 Å². The van der Waals surface area contributed by atoms with Crippen LogP contribution in [0.5, 0.6) is 0 Å². The number of pyridine rings is 1. The zero-order valence-corrected chi connectivity index (χ0v) is 11.4. The zero-order chi connectivity index (χ0) is 13.1. The molecule has 0 saturated heterocycles. The Balaban J connectivity index is 2.43. The highest BCUT2D eigenvalue weighted by molar-refractivity contribution is 5.79. The largest absolute Gasteiger partial charge is 0.311 e. The molecule has 1 aliphatic heterocycles. The average molecular weight is 246 g/mol. The molecule has 0 N–H and O–H groups in total. The molecule has 0 aliphatic carbocycles. The molecule has 0 atom stereocenters. The van der Waals surface area contributed by atoms with Crippen molar-refractivity contribution in [1.82, 2.24) is 9.66 Å². The summed E-state index contributed by atoms with van der Waals surface area (Å²) in [7, 11) is 3.88. The lowest BCUT2D eigenvalue weighted by molar-refractivity contribution is -0.732. The van der Waals surface area contributed by atoms with Crippen LogP contribution in [0.25, 0.3) is 11.2 Å². The van der Waals surface area contributed by atoms with Crippen molar-refractivity contribution >= 4 is 16.9 Å². The molecule has 0 aromatic carbocycles. The number of aromatic nitrogens is 3. The SMILES string of the molecule is CN1N=[N+](C)c2ccnc3c2n1c[n+]3C(C)(C)C. The second-order valence-corrected chi connectivity index (χ2v) is 5.61. The summed E-state index contributed by atoms with van der Waals surface area (Å²) in [5.74, 6) is 0. The van der Waals surface area contributed by atoms with Crippen LogP contribution in [-0.2, 0) is 5.54 Å². The summed E-state index contributed by atoms with van der Waals surface area (Å²) >= 11 is 0. The molecular weight excluding hydrogens is 228 g/mol. The van der Waals surface area contributed by atoms with E-state index in [1.165, 1.54) is 0 Å². The van der Waals surface area contributed by atoms with Crippen molar-refractivity contribution in [3.05, 3.63) is 18.6 Å². The van der Waals surface area contributed by atoms with E-state index in [2.05, 4.69) is 41.9 Å². The molecule has 3 heterocycles. The number of nitrogens with zero attached hydrogens (tertiary/aromatic N) is 6. The summed E-state index contributed by atoms with van der Waals surface area (Å²) in [5, 5.41) is 6.25. The summed E-state index contributed by atoms with van der Waals surface area (Å²) in [6.45, 7) is 6.51. The fourth-order valence-electron chi connectivity index (χ4n) is 2.31. The maximum absolute atomic E-state index is 4.53. The lowest BCUT2D eigenvalue weighted by Crippen LogP contribution is -2.50. The summed E-state index contributed by atoms with van der Waals surface area (Å²) in [6, 6.07) is 1.99. The maximum Gasteiger partial charge on any atom is 0.311 e. The van der Waals surface area contributed by atoms with E-state index in [1.807, 2.05) is 40.8 Å². The van der Waals surface area contributed by atoms with Gasteiger partial charge in [0.1, 0.15) is 25.5 Å². The van der Waals surface area contributed by atoms with E-state index in [9.17, 15) is 0 Å². The third-order valence-corrected chi connectivity index (χ3v) is 3.21. The van der Waals surface area contributed by atoms with E-state index >= 15 is 0 Å². The Hall–Kier alpha value is -1.98. The highest BCUT2D eigenvalue weighted by Gasteiger charge is 2.35. The summed E-state index contributed by atoms with van der Waals surface area (Å²) in [4.78, 5) is 4.53. The normalized spacial score (nSPS) is 15.2. The topological polar surface area (TPSA) is 40.3 Å². The second kappa shape index (κ2) is 3.28. The van der Waals surface area contributed by atoms with Gasteiger partial charge in [-0.1, -0.05) is 4.68 Å². The molecule has 0 unspecified atom stereocenters.